The molecule has 0 amide bonds. The largest absolute Gasteiger partial charge is 0.497 e. The van der Waals surface area contributed by atoms with Crippen LogP contribution in [0.25, 0.3) is 10.6 Å². The van der Waals surface area contributed by atoms with Crippen molar-refractivity contribution in [2.24, 2.45) is 0 Å². The molecule has 0 fully saturated rings. The highest BCUT2D eigenvalue weighted by atomic mass is 32.1. The first kappa shape index (κ1) is 20.7. The molecule has 0 aliphatic carbocycles. The molecule has 0 radical (unpaired) electrons. The van der Waals surface area contributed by atoms with Crippen molar-refractivity contribution in [3.05, 3.63) is 94.8 Å². The van der Waals surface area contributed by atoms with E-state index in [0.717, 1.165) is 53.8 Å². The lowest BCUT2D eigenvalue weighted by Gasteiger charge is -2.26. The topological polar surface area (TPSA) is 47.5 Å². The fraction of sp³-hybridized carbons (Fsp3) is 0.231. The second kappa shape index (κ2) is 9.51. The van der Waals surface area contributed by atoms with Crippen LogP contribution >= 0.6 is 11.3 Å². The molecule has 162 valence electrons. The molecule has 4 aromatic rings. The molecule has 3 heterocycles. The predicted octanol–water partition coefficient (Wildman–Crippen LogP) is 5.35. The van der Waals surface area contributed by atoms with Gasteiger partial charge in [-0.2, -0.15) is 0 Å². The molecular formula is C26H25N3O2S. The quantitative estimate of drug-likeness (QED) is 0.385. The second-order valence-corrected chi connectivity index (χ2v) is 8.92. The zero-order chi connectivity index (χ0) is 21.8. The van der Waals surface area contributed by atoms with E-state index in [0.29, 0.717) is 6.61 Å². The van der Waals surface area contributed by atoms with Crippen LogP contribution in [0, 0.1) is 0 Å². The standard InChI is InChI=1S/C26H25N3O2S/c1-30-22-9-5-7-20(15-22)26-28-24-11-13-29(17-25(24)32-26)16-19-6-4-10-23(14-19)31-18-21-8-2-3-12-27-21/h2-10,12,14-15H,11,13,16-18H2,1H3. The van der Waals surface area contributed by atoms with Gasteiger partial charge in [0.15, 0.2) is 0 Å². The fourth-order valence-electron chi connectivity index (χ4n) is 3.90. The summed E-state index contributed by atoms with van der Waals surface area (Å²) < 4.78 is 11.3. The molecule has 0 bridgehead atoms. The number of ether oxygens (including phenoxy) is 2. The van der Waals surface area contributed by atoms with E-state index in [1.54, 1.807) is 24.6 Å². The van der Waals surface area contributed by atoms with Gasteiger partial charge in [0.2, 0.25) is 0 Å². The molecule has 5 rings (SSSR count). The highest BCUT2D eigenvalue weighted by Crippen LogP contribution is 2.33. The maximum absolute atomic E-state index is 5.95. The van der Waals surface area contributed by atoms with Gasteiger partial charge in [0.25, 0.3) is 0 Å². The van der Waals surface area contributed by atoms with E-state index in [2.05, 4.69) is 40.2 Å². The predicted molar refractivity (Wildman–Crippen MR) is 127 cm³/mol. The highest BCUT2D eigenvalue weighted by Gasteiger charge is 2.21. The van der Waals surface area contributed by atoms with Crippen LogP contribution in [0.15, 0.2) is 72.9 Å². The van der Waals surface area contributed by atoms with Crippen molar-refractivity contribution >= 4 is 11.3 Å². The van der Waals surface area contributed by atoms with Crippen molar-refractivity contribution in [2.75, 3.05) is 13.7 Å². The van der Waals surface area contributed by atoms with Crippen LogP contribution in [0.4, 0.5) is 0 Å². The number of methoxy groups -OCH3 is 1. The van der Waals surface area contributed by atoms with Crippen molar-refractivity contribution in [3.63, 3.8) is 0 Å². The summed E-state index contributed by atoms with van der Waals surface area (Å²) in [7, 11) is 1.70. The van der Waals surface area contributed by atoms with Crippen LogP contribution < -0.4 is 9.47 Å². The lowest BCUT2D eigenvalue weighted by Crippen LogP contribution is -2.29. The first-order chi connectivity index (χ1) is 15.8. The fourth-order valence-corrected chi connectivity index (χ4v) is 5.04. The number of aromatic nitrogens is 2. The molecule has 1 aliphatic rings. The second-order valence-electron chi connectivity index (χ2n) is 7.84. The monoisotopic (exact) mass is 443 g/mol. The molecule has 5 nitrogen and oxygen atoms in total. The van der Waals surface area contributed by atoms with Gasteiger partial charge in [-0.15, -0.1) is 11.3 Å². The zero-order valence-corrected chi connectivity index (χ0v) is 18.8. The molecule has 32 heavy (non-hydrogen) atoms. The summed E-state index contributed by atoms with van der Waals surface area (Å²) in [6.07, 6.45) is 2.77. The van der Waals surface area contributed by atoms with Crippen LogP contribution in [0.1, 0.15) is 21.8 Å². The molecule has 0 N–H and O–H groups in total. The molecular weight excluding hydrogens is 418 g/mol. The third-order valence-corrected chi connectivity index (χ3v) is 6.68. The van der Waals surface area contributed by atoms with Crippen molar-refractivity contribution in [2.45, 2.75) is 26.1 Å². The molecule has 1 aliphatic heterocycles. The molecule has 2 aromatic carbocycles. The summed E-state index contributed by atoms with van der Waals surface area (Å²) in [6.45, 7) is 3.31. The Bertz CT molecular complexity index is 1190. The van der Waals surface area contributed by atoms with Gasteiger partial charge in [-0.1, -0.05) is 30.3 Å². The number of hydrogen-bond donors (Lipinski definition) is 0. The van der Waals surface area contributed by atoms with Crippen molar-refractivity contribution in [1.29, 1.82) is 0 Å². The minimum absolute atomic E-state index is 0.477. The number of thiazole rings is 1. The highest BCUT2D eigenvalue weighted by molar-refractivity contribution is 7.15. The van der Waals surface area contributed by atoms with Crippen molar-refractivity contribution in [3.8, 4) is 22.1 Å². The first-order valence-electron chi connectivity index (χ1n) is 10.7. The molecule has 0 spiro atoms. The van der Waals surface area contributed by atoms with Gasteiger partial charge >= 0.3 is 0 Å². The maximum atomic E-state index is 5.95. The molecule has 0 saturated heterocycles. The zero-order valence-electron chi connectivity index (χ0n) is 18.0. The van der Waals surface area contributed by atoms with Gasteiger partial charge in [0, 0.05) is 42.7 Å². The number of nitrogens with zero attached hydrogens (tertiary/aromatic N) is 3. The SMILES string of the molecule is COc1cccc(-c2nc3c(s2)CN(Cc2cccc(OCc4ccccn4)c2)CC3)c1. The Balaban J connectivity index is 1.24. The Morgan fingerprint density at radius 1 is 1.00 bits per heavy atom. The molecule has 0 unspecified atom stereocenters. The van der Waals surface area contributed by atoms with Crippen LogP contribution in [0.5, 0.6) is 11.5 Å². The van der Waals surface area contributed by atoms with Gasteiger partial charge in [-0.25, -0.2) is 4.98 Å². The van der Waals surface area contributed by atoms with E-state index >= 15 is 0 Å². The molecule has 2 aromatic heterocycles. The first-order valence-corrected chi connectivity index (χ1v) is 11.6. The van der Waals surface area contributed by atoms with Crippen molar-refractivity contribution in [1.82, 2.24) is 14.9 Å². The van der Waals surface area contributed by atoms with E-state index in [4.69, 9.17) is 14.5 Å². The lowest BCUT2D eigenvalue weighted by molar-refractivity contribution is 0.246. The summed E-state index contributed by atoms with van der Waals surface area (Å²) in [5.41, 5.74) is 4.53. The molecule has 0 saturated carbocycles. The van der Waals surface area contributed by atoms with Crippen LogP contribution in [-0.2, 0) is 26.1 Å². The van der Waals surface area contributed by atoms with E-state index in [-0.39, 0.29) is 0 Å². The lowest BCUT2D eigenvalue weighted by atomic mass is 10.1. The van der Waals surface area contributed by atoms with Gasteiger partial charge in [0.05, 0.1) is 18.5 Å². The number of hydrogen-bond acceptors (Lipinski definition) is 6. The molecule has 6 heteroatoms. The van der Waals surface area contributed by atoms with Gasteiger partial charge in [-0.05, 0) is 42.0 Å². The summed E-state index contributed by atoms with van der Waals surface area (Å²) in [6, 6.07) is 22.4. The van der Waals surface area contributed by atoms with E-state index in [1.807, 2.05) is 36.4 Å². The smallest absolute Gasteiger partial charge is 0.130 e. The number of fused-ring (bicyclic) bond motifs is 1. The van der Waals surface area contributed by atoms with Crippen molar-refractivity contribution < 1.29 is 9.47 Å². The van der Waals surface area contributed by atoms with E-state index in [1.165, 1.54) is 16.1 Å². The Labute approximate surface area is 192 Å². The Morgan fingerprint density at radius 3 is 2.78 bits per heavy atom. The summed E-state index contributed by atoms with van der Waals surface area (Å²) in [5, 5.41) is 1.07. The maximum Gasteiger partial charge on any atom is 0.130 e. The summed E-state index contributed by atoms with van der Waals surface area (Å²) in [4.78, 5) is 13.1. The van der Waals surface area contributed by atoms with Gasteiger partial charge in [0.1, 0.15) is 23.1 Å². The minimum Gasteiger partial charge on any atom is -0.497 e. The summed E-state index contributed by atoms with van der Waals surface area (Å²) >= 11 is 1.79. The van der Waals surface area contributed by atoms with E-state index in [9.17, 15) is 0 Å². The van der Waals surface area contributed by atoms with E-state index < -0.39 is 0 Å². The molecule has 0 atom stereocenters. The number of benzene rings is 2. The average molecular weight is 444 g/mol. The Morgan fingerprint density at radius 2 is 1.91 bits per heavy atom. The summed E-state index contributed by atoms with van der Waals surface area (Å²) in [5.74, 6) is 1.74. The average Bonchev–Trinajstić information content (AvgIpc) is 3.27. The third kappa shape index (κ3) is 4.82. The Kier molecular flexibility index (Phi) is 6.14. The van der Waals surface area contributed by atoms with Gasteiger partial charge < -0.3 is 9.47 Å². The minimum atomic E-state index is 0.477. The van der Waals surface area contributed by atoms with Gasteiger partial charge in [-0.3, -0.25) is 9.88 Å². The number of pyridine rings is 1. The van der Waals surface area contributed by atoms with Crippen LogP contribution in [-0.4, -0.2) is 28.5 Å². The Hall–Kier alpha value is -3.22. The normalized spacial score (nSPS) is 13.5. The van der Waals surface area contributed by atoms with Crippen LogP contribution in [0.2, 0.25) is 0 Å². The van der Waals surface area contributed by atoms with Crippen LogP contribution in [0.3, 0.4) is 0 Å². The third-order valence-electron chi connectivity index (χ3n) is 5.54. The number of rotatable bonds is 7.